The summed E-state index contributed by atoms with van der Waals surface area (Å²) in [5.74, 6) is 0. The van der Waals surface area contributed by atoms with Gasteiger partial charge in [0, 0.05) is 55.5 Å². The molecule has 4 radical (unpaired) electrons. The van der Waals surface area contributed by atoms with Crippen molar-refractivity contribution in [2.75, 3.05) is 194 Å². The van der Waals surface area contributed by atoms with Crippen molar-refractivity contribution in [2.24, 2.45) is 18.1 Å². The van der Waals surface area contributed by atoms with Gasteiger partial charge in [0.2, 0.25) is 0 Å². The van der Waals surface area contributed by atoms with Crippen molar-refractivity contribution in [2.45, 2.75) is 71.5 Å². The molecule has 8 unspecified atom stereocenters. The molecule has 0 aromatic carbocycles. The maximum absolute atomic E-state index is 6.55. The molecular formula is C40H93N16OP5. The van der Waals surface area contributed by atoms with Gasteiger partial charge in [-0.15, -0.1) is 0 Å². The van der Waals surface area contributed by atoms with Crippen molar-refractivity contribution in [1.82, 2.24) is 58.8 Å². The normalized spacial score (nSPS) is 29.9. The van der Waals surface area contributed by atoms with E-state index in [0.717, 1.165) is 50.3 Å². The predicted molar refractivity (Wildman–Crippen MR) is 275 cm³/mol. The van der Waals surface area contributed by atoms with Crippen molar-refractivity contribution in [3.05, 3.63) is 0 Å². The fourth-order valence-corrected chi connectivity index (χ4v) is 33.2. The van der Waals surface area contributed by atoms with Crippen molar-refractivity contribution < 1.29 is 5.48 Å². The maximum atomic E-state index is 6.55. The Kier molecular flexibility index (Phi) is 19.5. The van der Waals surface area contributed by atoms with Gasteiger partial charge in [-0.1, -0.05) is 0 Å². The zero-order chi connectivity index (χ0) is 46.5. The van der Waals surface area contributed by atoms with Gasteiger partial charge in [0.05, 0.1) is 24.2 Å². The van der Waals surface area contributed by atoms with Crippen LogP contribution in [-0.4, -0.2) is 304 Å². The summed E-state index contributed by atoms with van der Waals surface area (Å²) in [5, 5.41) is -1.26. The van der Waals surface area contributed by atoms with E-state index >= 15 is 0 Å². The van der Waals surface area contributed by atoms with Crippen LogP contribution in [0.1, 0.15) is 25.7 Å². The van der Waals surface area contributed by atoms with Crippen molar-refractivity contribution in [1.29, 1.82) is 0 Å². The summed E-state index contributed by atoms with van der Waals surface area (Å²) in [6.45, 7) is 0. The molecule has 22 heteroatoms. The Morgan fingerprint density at radius 2 is 0.452 bits per heavy atom. The van der Waals surface area contributed by atoms with Crippen LogP contribution in [0.3, 0.4) is 0 Å². The minimum atomic E-state index is -3.23. The van der Waals surface area contributed by atoms with Crippen LogP contribution in [0.5, 0.6) is 0 Å². The van der Waals surface area contributed by atoms with Gasteiger partial charge in [-0.2, -0.15) is 0 Å². The minimum absolute atomic E-state index is 0. The Hall–Kier alpha value is 0.310. The third kappa shape index (κ3) is 9.15. The highest BCUT2D eigenvalue weighted by molar-refractivity contribution is 7.84. The first-order valence-corrected chi connectivity index (χ1v) is 29.6. The summed E-state index contributed by atoms with van der Waals surface area (Å²) in [4.78, 5) is 29.7. The molecule has 4 fully saturated rings. The average molecular weight is 969 g/mol. The molecule has 4 rings (SSSR count). The molecule has 8 atom stereocenters. The summed E-state index contributed by atoms with van der Waals surface area (Å²) in [6.07, 6.45) is 8.39. The molecule has 0 spiro atoms. The number of hydrogen-bond donors (Lipinski definition) is 0. The molecule has 4 aliphatic rings. The van der Waals surface area contributed by atoms with Crippen LogP contribution in [0.25, 0.3) is 0 Å². The zero-order valence-corrected chi connectivity index (χ0v) is 48.3. The summed E-state index contributed by atoms with van der Waals surface area (Å²) in [6, 6.07) is 1.18. The van der Waals surface area contributed by atoms with E-state index in [9.17, 15) is 0 Å². The molecule has 62 heavy (non-hydrogen) atoms. The second-order valence-corrected chi connectivity index (χ2v) is 31.9. The first-order valence-electron chi connectivity index (χ1n) is 22.1. The lowest BCUT2D eigenvalue weighted by molar-refractivity contribution is 0.0192. The molecule has 364 valence electrons. The largest absolute Gasteiger partial charge is 0.870 e. The number of rotatable bonds is 16. The molecule has 0 saturated carbocycles. The van der Waals surface area contributed by atoms with E-state index in [0.29, 0.717) is 24.2 Å². The minimum Gasteiger partial charge on any atom is -0.870 e. The van der Waals surface area contributed by atoms with Crippen LogP contribution in [0, 0.1) is 0 Å². The van der Waals surface area contributed by atoms with Crippen LogP contribution in [-0.2, 0) is 0 Å². The van der Waals surface area contributed by atoms with E-state index in [1.54, 1.807) is 0 Å². The van der Waals surface area contributed by atoms with Gasteiger partial charge >= 0.3 is 7.87 Å². The highest BCUT2D eigenvalue weighted by Gasteiger charge is 2.63. The van der Waals surface area contributed by atoms with Gasteiger partial charge in [0.25, 0.3) is 0 Å². The van der Waals surface area contributed by atoms with Crippen molar-refractivity contribution in [3.8, 4) is 0 Å². The van der Waals surface area contributed by atoms with Crippen molar-refractivity contribution >= 4 is 38.7 Å². The van der Waals surface area contributed by atoms with Gasteiger partial charge in [-0.05, 0) is 213 Å². The summed E-state index contributed by atoms with van der Waals surface area (Å²) >= 11 is 0. The molecule has 4 heterocycles. The molecule has 0 aromatic heterocycles. The van der Waals surface area contributed by atoms with Gasteiger partial charge < -0.3 is 25.1 Å². The summed E-state index contributed by atoms with van der Waals surface area (Å²) < 4.78 is 26.2. The van der Waals surface area contributed by atoms with Crippen LogP contribution < -0.4 is 0 Å². The molecule has 0 aromatic rings. The smallest absolute Gasteiger partial charge is 0.505 e. The summed E-state index contributed by atoms with van der Waals surface area (Å²) in [7, 11) is 47.2. The predicted octanol–water partition coefficient (Wildman–Crippen LogP) is 5.59. The molecule has 17 nitrogen and oxygen atoms in total. The molecule has 0 aliphatic carbocycles. The zero-order valence-electron chi connectivity index (χ0n) is 43.8. The first kappa shape index (κ1) is 56.6. The van der Waals surface area contributed by atoms with Gasteiger partial charge in [0.15, 0.2) is 0 Å². The quantitative estimate of drug-likeness (QED) is 0.142. The standard InChI is InChI=1S/C40H92N16P5.H2O/c1-45(2)33-25-29-57(37(33,49(9)10)50(11)12)41-61(42-58-30-26-34(46(3)4)38(58,51(13)14)52(15)16,43-59-31-27-35(47(5)6)39(59,53(17)18)54(19)20)44-60-32-28-36(48(7)8)40(60,55(21)22)56(23)24;/h33-36H,25-32H2,1-24H3;1H2/q+1;/p-1. The van der Waals surface area contributed by atoms with E-state index in [2.05, 4.69) is 228 Å². The van der Waals surface area contributed by atoms with Crippen LogP contribution in [0.15, 0.2) is 18.1 Å². The van der Waals surface area contributed by atoms with Gasteiger partial charge in [0.1, 0.15) is 21.6 Å². The van der Waals surface area contributed by atoms with Crippen LogP contribution >= 0.6 is 38.7 Å². The fraction of sp³-hybridized carbons (Fsp3) is 1.00. The second kappa shape index (κ2) is 21.3. The number of nitrogens with zero attached hydrogens (tertiary/aromatic N) is 16. The van der Waals surface area contributed by atoms with Crippen molar-refractivity contribution in [3.63, 3.8) is 0 Å². The van der Waals surface area contributed by atoms with E-state index in [4.69, 9.17) is 18.1 Å². The Balaban J connectivity index is 0.0000102. The first-order chi connectivity index (χ1) is 28.1. The molecule has 0 bridgehead atoms. The van der Waals surface area contributed by atoms with Gasteiger partial charge in [-0.3, -0.25) is 39.2 Å². The number of likely N-dealkylation sites (N-methyl/N-ethyl adjacent to an activating group) is 12. The molecule has 1 N–H and O–H groups in total. The van der Waals surface area contributed by atoms with E-state index in [-0.39, 0.29) is 27.1 Å². The number of hydrogen-bond acceptors (Lipinski definition) is 17. The van der Waals surface area contributed by atoms with Crippen LogP contribution in [0.2, 0.25) is 0 Å². The van der Waals surface area contributed by atoms with E-state index in [1.807, 2.05) is 0 Å². The molecule has 4 saturated heterocycles. The van der Waals surface area contributed by atoms with Crippen LogP contribution in [0.4, 0.5) is 0 Å². The highest BCUT2D eigenvalue weighted by Crippen LogP contribution is 2.82. The van der Waals surface area contributed by atoms with E-state index in [1.165, 1.54) is 0 Å². The molecule has 4 aliphatic heterocycles. The lowest BCUT2D eigenvalue weighted by Crippen LogP contribution is -2.61. The SMILES string of the molecule is CN(C)C1CC[P](=N[P+](N=[P]2CCC(N(C)C)C2(N(C)C)N(C)C)(N=[P]2CCC(N(C)C)C2(N(C)C)N(C)C)N=[P]2CCC(N(C)C)C2(N(C)C)N(C)C)C1(N(C)C)N(C)C.[OH-]. The topological polar surface area (TPSA) is 118 Å². The lowest BCUT2D eigenvalue weighted by Gasteiger charge is -2.49. The highest BCUT2D eigenvalue weighted by atomic mass is 31.3. The molecule has 0 amide bonds. The third-order valence-electron chi connectivity index (χ3n) is 14.4. The summed E-state index contributed by atoms with van der Waals surface area (Å²) in [5.41, 5.74) is 0. The van der Waals surface area contributed by atoms with E-state index < -0.39 is 38.7 Å². The Labute approximate surface area is 384 Å². The fourth-order valence-electron chi connectivity index (χ4n) is 12.5. The Morgan fingerprint density at radius 3 is 0.565 bits per heavy atom. The van der Waals surface area contributed by atoms with Gasteiger partial charge in [-0.25, -0.2) is 0 Å². The average Bonchev–Trinajstić information content (AvgIpc) is 3.89. The lowest BCUT2D eigenvalue weighted by atomic mass is 10.1. The third-order valence-corrected chi connectivity index (χ3v) is 31.9. The second-order valence-electron chi connectivity index (χ2n) is 20.4. The molecular weight excluding hydrogens is 875 g/mol. The Bertz CT molecular complexity index is 1380. The Morgan fingerprint density at radius 1 is 0.306 bits per heavy atom. The maximum Gasteiger partial charge on any atom is 0.505 e. The monoisotopic (exact) mass is 969 g/mol.